The molecule has 0 aromatic heterocycles. The van der Waals surface area contributed by atoms with E-state index in [1.54, 1.807) is 0 Å². The summed E-state index contributed by atoms with van der Waals surface area (Å²) in [6.07, 6.45) is 4.56. The first-order valence-electron chi connectivity index (χ1n) is 11.5. The van der Waals surface area contributed by atoms with Gasteiger partial charge < -0.3 is 15.1 Å². The molecule has 2 atom stereocenters. The molecule has 164 valence electrons. The van der Waals surface area contributed by atoms with Crippen LogP contribution in [-0.4, -0.2) is 43.4 Å². The molecule has 2 aromatic carbocycles. The zero-order valence-electron chi connectivity index (χ0n) is 18.4. The smallest absolute Gasteiger partial charge is 0.230 e. The predicted molar refractivity (Wildman–Crippen MR) is 124 cm³/mol. The van der Waals surface area contributed by atoms with Gasteiger partial charge in [0, 0.05) is 37.8 Å². The highest BCUT2D eigenvalue weighted by Gasteiger charge is 2.39. The molecule has 2 aliphatic rings. The van der Waals surface area contributed by atoms with Crippen LogP contribution in [0.15, 0.2) is 54.6 Å². The zero-order valence-corrected chi connectivity index (χ0v) is 18.4. The van der Waals surface area contributed by atoms with E-state index in [4.69, 9.17) is 0 Å². The second kappa shape index (κ2) is 10.1. The molecule has 1 aliphatic heterocycles. The van der Waals surface area contributed by atoms with Crippen LogP contribution in [0.2, 0.25) is 0 Å². The van der Waals surface area contributed by atoms with Gasteiger partial charge in [0.15, 0.2) is 0 Å². The molecule has 1 N–H and O–H groups in total. The van der Waals surface area contributed by atoms with Crippen LogP contribution < -0.4 is 10.2 Å². The van der Waals surface area contributed by atoms with E-state index < -0.39 is 0 Å². The molecule has 0 saturated heterocycles. The van der Waals surface area contributed by atoms with Gasteiger partial charge in [-0.05, 0) is 43.5 Å². The van der Waals surface area contributed by atoms with Crippen molar-refractivity contribution in [1.29, 1.82) is 0 Å². The molecule has 0 bridgehead atoms. The van der Waals surface area contributed by atoms with Gasteiger partial charge in [-0.3, -0.25) is 9.59 Å². The van der Waals surface area contributed by atoms with Crippen molar-refractivity contribution in [3.63, 3.8) is 0 Å². The van der Waals surface area contributed by atoms with E-state index in [0.29, 0.717) is 6.54 Å². The van der Waals surface area contributed by atoms with E-state index in [1.165, 1.54) is 11.1 Å². The molecule has 0 radical (unpaired) electrons. The van der Waals surface area contributed by atoms with Gasteiger partial charge in [0.1, 0.15) is 0 Å². The second-order valence-corrected chi connectivity index (χ2v) is 8.88. The average molecular weight is 420 g/mol. The summed E-state index contributed by atoms with van der Waals surface area (Å²) >= 11 is 0. The minimum absolute atomic E-state index is 0.0404. The van der Waals surface area contributed by atoms with Gasteiger partial charge in [0.2, 0.25) is 11.8 Å². The second-order valence-electron chi connectivity index (χ2n) is 8.88. The highest BCUT2D eigenvalue weighted by molar-refractivity contribution is 5.99. The lowest BCUT2D eigenvalue weighted by Gasteiger charge is -2.33. The Morgan fingerprint density at radius 1 is 1.00 bits per heavy atom. The molecule has 5 nitrogen and oxygen atoms in total. The first kappa shape index (κ1) is 21.6. The van der Waals surface area contributed by atoms with E-state index in [9.17, 15) is 9.59 Å². The summed E-state index contributed by atoms with van der Waals surface area (Å²) in [5.74, 6) is -0.250. The molecule has 2 aromatic rings. The SMILES string of the molecule is CN(CCNC(=O)C1CCCCC1C(=O)N1CCc2ccccc21)Cc1ccccc1. The van der Waals surface area contributed by atoms with Crippen LogP contribution >= 0.6 is 0 Å². The number of rotatable bonds is 7. The highest BCUT2D eigenvalue weighted by atomic mass is 16.2. The third-order valence-corrected chi connectivity index (χ3v) is 6.66. The molecule has 2 amide bonds. The number of amides is 2. The standard InChI is InChI=1S/C26H33N3O2/c1-28(19-20-9-3-2-4-10-20)18-16-27-25(30)22-12-6-7-13-23(22)26(31)29-17-15-21-11-5-8-14-24(21)29/h2-5,8-11,14,22-23H,6-7,12-13,15-19H2,1H3,(H,27,30). The van der Waals surface area contributed by atoms with Gasteiger partial charge >= 0.3 is 0 Å². The van der Waals surface area contributed by atoms with E-state index in [2.05, 4.69) is 35.5 Å². The number of benzene rings is 2. The number of nitrogens with zero attached hydrogens (tertiary/aromatic N) is 2. The van der Waals surface area contributed by atoms with Crippen LogP contribution in [0.3, 0.4) is 0 Å². The summed E-state index contributed by atoms with van der Waals surface area (Å²) in [5, 5.41) is 3.11. The number of anilines is 1. The number of likely N-dealkylation sites (N-methyl/N-ethyl adjacent to an activating group) is 1. The van der Waals surface area contributed by atoms with Crippen molar-refractivity contribution < 1.29 is 9.59 Å². The molecule has 1 heterocycles. The number of carbonyl (C=O) groups is 2. The van der Waals surface area contributed by atoms with Crippen LogP contribution in [0.25, 0.3) is 0 Å². The number of fused-ring (bicyclic) bond motifs is 1. The number of nitrogens with one attached hydrogen (secondary N) is 1. The van der Waals surface area contributed by atoms with Gasteiger partial charge in [0.25, 0.3) is 0 Å². The number of para-hydroxylation sites is 1. The van der Waals surface area contributed by atoms with E-state index >= 15 is 0 Å². The molecule has 4 rings (SSSR count). The van der Waals surface area contributed by atoms with E-state index in [1.807, 2.05) is 41.3 Å². The van der Waals surface area contributed by atoms with Crippen LogP contribution in [0, 0.1) is 11.8 Å². The Hall–Kier alpha value is -2.66. The van der Waals surface area contributed by atoms with Gasteiger partial charge in [-0.1, -0.05) is 61.4 Å². The van der Waals surface area contributed by atoms with Crippen molar-refractivity contribution in [2.75, 3.05) is 31.6 Å². The lowest BCUT2D eigenvalue weighted by molar-refractivity contribution is -0.135. The zero-order chi connectivity index (χ0) is 21.6. The Bertz CT molecular complexity index is 899. The van der Waals surface area contributed by atoms with E-state index in [-0.39, 0.29) is 23.7 Å². The third-order valence-electron chi connectivity index (χ3n) is 6.66. The van der Waals surface area contributed by atoms with Crippen LogP contribution in [0.1, 0.15) is 36.8 Å². The third kappa shape index (κ3) is 5.16. The van der Waals surface area contributed by atoms with Crippen LogP contribution in [-0.2, 0) is 22.6 Å². The summed E-state index contributed by atoms with van der Waals surface area (Å²) in [7, 11) is 2.07. The maximum absolute atomic E-state index is 13.4. The molecular formula is C26H33N3O2. The Morgan fingerprint density at radius 3 is 2.52 bits per heavy atom. The van der Waals surface area contributed by atoms with Crippen LogP contribution in [0.4, 0.5) is 5.69 Å². The highest BCUT2D eigenvalue weighted by Crippen LogP contribution is 2.35. The van der Waals surface area contributed by atoms with Gasteiger partial charge in [-0.15, -0.1) is 0 Å². The first-order chi connectivity index (χ1) is 15.1. The summed E-state index contributed by atoms with van der Waals surface area (Å²) in [5.41, 5.74) is 3.52. The summed E-state index contributed by atoms with van der Waals surface area (Å²) < 4.78 is 0. The molecule has 1 saturated carbocycles. The molecule has 1 aliphatic carbocycles. The summed E-state index contributed by atoms with van der Waals surface area (Å²) in [6.45, 7) is 2.97. The number of hydrogen-bond acceptors (Lipinski definition) is 3. The van der Waals surface area contributed by atoms with Crippen molar-refractivity contribution in [2.24, 2.45) is 11.8 Å². The first-order valence-corrected chi connectivity index (χ1v) is 11.5. The normalized spacial score (nSPS) is 20.5. The van der Waals surface area contributed by atoms with E-state index in [0.717, 1.165) is 57.4 Å². The quantitative estimate of drug-likeness (QED) is 0.746. The minimum Gasteiger partial charge on any atom is -0.355 e. The maximum atomic E-state index is 13.4. The fraction of sp³-hybridized carbons (Fsp3) is 0.462. The lowest BCUT2D eigenvalue weighted by Crippen LogP contribution is -2.46. The maximum Gasteiger partial charge on any atom is 0.230 e. The molecule has 1 fully saturated rings. The number of carbonyl (C=O) groups excluding carboxylic acids is 2. The van der Waals surface area contributed by atoms with Gasteiger partial charge in [-0.2, -0.15) is 0 Å². The topological polar surface area (TPSA) is 52.7 Å². The van der Waals surface area contributed by atoms with Gasteiger partial charge in [0.05, 0.1) is 5.92 Å². The van der Waals surface area contributed by atoms with Crippen LogP contribution in [0.5, 0.6) is 0 Å². The monoisotopic (exact) mass is 419 g/mol. The van der Waals surface area contributed by atoms with Crippen molar-refractivity contribution in [3.05, 3.63) is 65.7 Å². The largest absolute Gasteiger partial charge is 0.355 e. The molecular weight excluding hydrogens is 386 g/mol. The van der Waals surface area contributed by atoms with Gasteiger partial charge in [-0.25, -0.2) is 0 Å². The Morgan fingerprint density at radius 2 is 1.71 bits per heavy atom. The fourth-order valence-corrected chi connectivity index (χ4v) is 4.98. The molecule has 5 heteroatoms. The molecule has 2 unspecified atom stereocenters. The minimum atomic E-state index is -0.214. The Labute approximate surface area is 185 Å². The molecule has 31 heavy (non-hydrogen) atoms. The van der Waals surface area contributed by atoms with Crippen molar-refractivity contribution in [3.8, 4) is 0 Å². The Kier molecular flexibility index (Phi) is 7.03. The molecule has 0 spiro atoms. The summed E-state index contributed by atoms with van der Waals surface area (Å²) in [6, 6.07) is 18.5. The van der Waals surface area contributed by atoms with Crippen molar-refractivity contribution >= 4 is 17.5 Å². The predicted octanol–water partition coefficient (Wildman–Crippen LogP) is 3.63. The average Bonchev–Trinajstić information content (AvgIpc) is 3.23. The lowest BCUT2D eigenvalue weighted by atomic mass is 9.77. The number of hydrogen-bond donors (Lipinski definition) is 1. The van der Waals surface area contributed by atoms with Crippen molar-refractivity contribution in [2.45, 2.75) is 38.6 Å². The summed E-state index contributed by atoms with van der Waals surface area (Å²) in [4.78, 5) is 30.5. The fourth-order valence-electron chi connectivity index (χ4n) is 4.98. The van der Waals surface area contributed by atoms with Crippen molar-refractivity contribution in [1.82, 2.24) is 10.2 Å². The Balaban J connectivity index is 1.32.